The Hall–Kier alpha value is -0.960. The fraction of sp³-hybridized carbons (Fsp3) is 0.462. The number of carboxylic acid groups (broad SMARTS) is 1. The third kappa shape index (κ3) is 3.27. The second-order valence-corrected chi connectivity index (χ2v) is 5.40. The van der Waals surface area contributed by atoms with Crippen molar-refractivity contribution in [3.05, 3.63) is 29.8 Å². The van der Waals surface area contributed by atoms with E-state index in [1.165, 1.54) is 4.90 Å². The molecule has 0 bridgehead atoms. The molecule has 0 radical (unpaired) electrons. The zero-order valence-corrected chi connectivity index (χ0v) is 10.8. The van der Waals surface area contributed by atoms with E-state index in [4.69, 9.17) is 5.11 Å². The number of hydrogen-bond acceptors (Lipinski definition) is 2. The zero-order chi connectivity index (χ0) is 12.1. The Bertz CT molecular complexity index is 343. The molecule has 0 amide bonds. The quantitative estimate of drug-likeness (QED) is 0.796. The Morgan fingerprint density at radius 3 is 2.25 bits per heavy atom. The van der Waals surface area contributed by atoms with Gasteiger partial charge in [0.15, 0.2) is 0 Å². The summed E-state index contributed by atoms with van der Waals surface area (Å²) >= 11 is 1.77. The molecule has 0 aliphatic carbocycles. The molecule has 0 aliphatic rings. The number of benzene rings is 1. The summed E-state index contributed by atoms with van der Waals surface area (Å²) in [4.78, 5) is 12.3. The first-order valence-electron chi connectivity index (χ1n) is 5.51. The third-order valence-corrected chi connectivity index (χ3v) is 3.38. The van der Waals surface area contributed by atoms with E-state index in [-0.39, 0.29) is 5.92 Å². The average molecular weight is 238 g/mol. The van der Waals surface area contributed by atoms with Crippen LogP contribution in [0.4, 0.5) is 0 Å². The molecular weight excluding hydrogens is 220 g/mol. The van der Waals surface area contributed by atoms with Gasteiger partial charge < -0.3 is 5.11 Å². The summed E-state index contributed by atoms with van der Waals surface area (Å²) in [5, 5.41) is 9.16. The lowest BCUT2D eigenvalue weighted by Crippen LogP contribution is -2.17. The average Bonchev–Trinajstić information content (AvgIpc) is 2.20. The number of aliphatic carboxylic acids is 1. The van der Waals surface area contributed by atoms with Crippen LogP contribution in [0.1, 0.15) is 32.3 Å². The van der Waals surface area contributed by atoms with Crippen molar-refractivity contribution in [1.82, 2.24) is 0 Å². The minimum atomic E-state index is -0.745. The maximum absolute atomic E-state index is 11.1. The predicted molar refractivity (Wildman–Crippen MR) is 68.1 cm³/mol. The minimum Gasteiger partial charge on any atom is -0.481 e. The van der Waals surface area contributed by atoms with Crippen molar-refractivity contribution in [2.45, 2.75) is 31.6 Å². The first-order valence-corrected chi connectivity index (χ1v) is 6.50. The van der Waals surface area contributed by atoms with Crippen molar-refractivity contribution >= 4 is 17.7 Å². The van der Waals surface area contributed by atoms with Crippen LogP contribution in [0.15, 0.2) is 29.2 Å². The highest BCUT2D eigenvalue weighted by molar-refractivity contribution is 7.99. The van der Waals surface area contributed by atoms with Crippen molar-refractivity contribution < 1.29 is 9.90 Å². The van der Waals surface area contributed by atoms with Crippen molar-refractivity contribution in [1.29, 1.82) is 0 Å². The van der Waals surface area contributed by atoms with Gasteiger partial charge in [0.2, 0.25) is 0 Å². The molecule has 88 valence electrons. The fourth-order valence-corrected chi connectivity index (χ4v) is 2.41. The maximum atomic E-state index is 11.1. The Kier molecular flexibility index (Phi) is 4.87. The predicted octanol–water partition coefficient (Wildman–Crippen LogP) is 3.62. The molecule has 0 aromatic heterocycles. The second-order valence-electron chi connectivity index (χ2n) is 4.06. The van der Waals surface area contributed by atoms with Gasteiger partial charge in [-0.2, -0.15) is 0 Å². The van der Waals surface area contributed by atoms with Gasteiger partial charge in [0, 0.05) is 4.90 Å². The minimum absolute atomic E-state index is 0.113. The molecule has 0 spiro atoms. The zero-order valence-electron chi connectivity index (χ0n) is 9.93. The van der Waals surface area contributed by atoms with Crippen LogP contribution in [0.5, 0.6) is 0 Å². The first kappa shape index (κ1) is 13.1. The van der Waals surface area contributed by atoms with Crippen LogP contribution in [0.3, 0.4) is 0 Å². The molecule has 2 nitrogen and oxygen atoms in total. The summed E-state index contributed by atoms with van der Waals surface area (Å²) in [6, 6.07) is 7.86. The van der Waals surface area contributed by atoms with Crippen LogP contribution in [0.2, 0.25) is 0 Å². The van der Waals surface area contributed by atoms with E-state index in [0.29, 0.717) is 0 Å². The third-order valence-electron chi connectivity index (χ3n) is 2.48. The normalized spacial score (nSPS) is 12.8. The van der Waals surface area contributed by atoms with Gasteiger partial charge in [-0.15, -0.1) is 11.8 Å². The number of thioether (sulfide) groups is 1. The van der Waals surface area contributed by atoms with Gasteiger partial charge in [-0.25, -0.2) is 0 Å². The van der Waals surface area contributed by atoms with Crippen LogP contribution in [-0.2, 0) is 4.79 Å². The molecule has 0 aliphatic heterocycles. The highest BCUT2D eigenvalue weighted by Crippen LogP contribution is 2.27. The van der Waals surface area contributed by atoms with Crippen LogP contribution >= 0.6 is 11.8 Å². The Morgan fingerprint density at radius 2 is 1.88 bits per heavy atom. The first-order chi connectivity index (χ1) is 7.56. The second kappa shape index (κ2) is 5.94. The standard InChI is InChI=1S/C13H18O2S/c1-4-16-11-7-5-10(6-8-11)12(9(2)3)13(14)15/h5-9,12H,4H2,1-3H3,(H,14,15). The van der Waals surface area contributed by atoms with E-state index in [2.05, 4.69) is 6.92 Å². The number of hydrogen-bond donors (Lipinski definition) is 1. The number of carbonyl (C=O) groups is 1. The molecule has 16 heavy (non-hydrogen) atoms. The summed E-state index contributed by atoms with van der Waals surface area (Å²) in [5.41, 5.74) is 0.892. The topological polar surface area (TPSA) is 37.3 Å². The molecule has 0 saturated carbocycles. The van der Waals surface area contributed by atoms with Crippen LogP contribution < -0.4 is 0 Å². The fourth-order valence-electron chi connectivity index (χ4n) is 1.75. The van der Waals surface area contributed by atoms with Crippen molar-refractivity contribution in [2.75, 3.05) is 5.75 Å². The van der Waals surface area contributed by atoms with Gasteiger partial charge in [0.05, 0.1) is 5.92 Å². The Labute approximate surface area is 101 Å². The van der Waals surface area contributed by atoms with Gasteiger partial charge in [-0.05, 0) is 29.4 Å². The summed E-state index contributed by atoms with van der Waals surface area (Å²) in [6.07, 6.45) is 0. The van der Waals surface area contributed by atoms with Gasteiger partial charge in [-0.3, -0.25) is 4.79 Å². The van der Waals surface area contributed by atoms with Crippen LogP contribution in [0.25, 0.3) is 0 Å². The van der Waals surface area contributed by atoms with Gasteiger partial charge in [-0.1, -0.05) is 32.9 Å². The lowest BCUT2D eigenvalue weighted by atomic mass is 9.89. The maximum Gasteiger partial charge on any atom is 0.311 e. The largest absolute Gasteiger partial charge is 0.481 e. The van der Waals surface area contributed by atoms with E-state index in [1.54, 1.807) is 11.8 Å². The van der Waals surface area contributed by atoms with E-state index >= 15 is 0 Å². The molecule has 1 N–H and O–H groups in total. The highest BCUT2D eigenvalue weighted by atomic mass is 32.2. The smallest absolute Gasteiger partial charge is 0.311 e. The molecule has 1 atom stereocenters. The lowest BCUT2D eigenvalue weighted by Gasteiger charge is -2.16. The summed E-state index contributed by atoms with van der Waals surface area (Å²) in [5.74, 6) is 0.0000520. The molecule has 0 saturated heterocycles. The number of rotatable bonds is 5. The molecular formula is C13H18O2S. The lowest BCUT2D eigenvalue weighted by molar-refractivity contribution is -0.139. The monoisotopic (exact) mass is 238 g/mol. The Balaban J connectivity index is 2.90. The molecule has 1 rings (SSSR count). The highest BCUT2D eigenvalue weighted by Gasteiger charge is 2.23. The van der Waals surface area contributed by atoms with Crippen LogP contribution in [-0.4, -0.2) is 16.8 Å². The van der Waals surface area contributed by atoms with Gasteiger partial charge >= 0.3 is 5.97 Å². The van der Waals surface area contributed by atoms with Gasteiger partial charge in [0.1, 0.15) is 0 Å². The van der Waals surface area contributed by atoms with Crippen molar-refractivity contribution in [3.8, 4) is 0 Å². The van der Waals surface area contributed by atoms with E-state index in [1.807, 2.05) is 38.1 Å². The summed E-state index contributed by atoms with van der Waals surface area (Å²) in [7, 11) is 0. The van der Waals surface area contributed by atoms with E-state index in [9.17, 15) is 4.79 Å². The van der Waals surface area contributed by atoms with Crippen LogP contribution in [0, 0.1) is 5.92 Å². The Morgan fingerprint density at radius 1 is 1.31 bits per heavy atom. The SMILES string of the molecule is CCSc1ccc(C(C(=O)O)C(C)C)cc1. The van der Waals surface area contributed by atoms with Crippen molar-refractivity contribution in [2.24, 2.45) is 5.92 Å². The molecule has 1 unspecified atom stereocenters. The molecule has 1 aromatic carbocycles. The number of carboxylic acids is 1. The molecule has 1 aromatic rings. The summed E-state index contributed by atoms with van der Waals surface area (Å²) < 4.78 is 0. The van der Waals surface area contributed by atoms with E-state index in [0.717, 1.165) is 11.3 Å². The van der Waals surface area contributed by atoms with Gasteiger partial charge in [0.25, 0.3) is 0 Å². The summed E-state index contributed by atoms with van der Waals surface area (Å²) in [6.45, 7) is 5.98. The van der Waals surface area contributed by atoms with Crippen molar-refractivity contribution in [3.63, 3.8) is 0 Å². The molecule has 0 fully saturated rings. The van der Waals surface area contributed by atoms with E-state index < -0.39 is 11.9 Å². The molecule has 0 heterocycles. The molecule has 3 heteroatoms.